The Morgan fingerprint density at radius 3 is 2.50 bits per heavy atom. The number of ether oxygens (including phenoxy) is 1. The smallest absolute Gasteiger partial charge is 0.217 e. The van der Waals surface area contributed by atoms with E-state index >= 15 is 0 Å². The number of rotatable bonds is 4. The van der Waals surface area contributed by atoms with Gasteiger partial charge in [-0.15, -0.1) is 0 Å². The molecule has 0 aliphatic heterocycles. The van der Waals surface area contributed by atoms with Gasteiger partial charge in [0.15, 0.2) is 11.4 Å². The van der Waals surface area contributed by atoms with Crippen molar-refractivity contribution < 1.29 is 9.53 Å². The highest BCUT2D eigenvalue weighted by Gasteiger charge is 2.22. The van der Waals surface area contributed by atoms with Crippen LogP contribution < -0.4 is 4.74 Å². The summed E-state index contributed by atoms with van der Waals surface area (Å²) in [7, 11) is 1.51. The van der Waals surface area contributed by atoms with Crippen molar-refractivity contribution in [3.8, 4) is 5.75 Å². The molecule has 0 unspecified atom stereocenters. The van der Waals surface area contributed by atoms with Crippen LogP contribution >= 0.6 is 0 Å². The number of carbonyl (C=O) groups is 1. The van der Waals surface area contributed by atoms with Crippen molar-refractivity contribution in [1.82, 2.24) is 19.7 Å². The molecule has 0 atom stereocenters. The van der Waals surface area contributed by atoms with Crippen LogP contribution in [0.4, 0.5) is 0 Å². The fourth-order valence-electron chi connectivity index (χ4n) is 1.66. The first kappa shape index (κ1) is 12.2. The molecule has 0 N–H and O–H groups in total. The van der Waals surface area contributed by atoms with Gasteiger partial charge in [0.05, 0.1) is 18.9 Å². The van der Waals surface area contributed by atoms with Crippen LogP contribution in [0.25, 0.3) is 0 Å². The first-order valence-corrected chi connectivity index (χ1v) is 5.56. The highest BCUT2D eigenvalue weighted by molar-refractivity contribution is 6.09. The van der Waals surface area contributed by atoms with Crippen LogP contribution in [0, 0.1) is 0 Å². The summed E-state index contributed by atoms with van der Waals surface area (Å²) in [5.74, 6) is 0.260. The van der Waals surface area contributed by atoms with E-state index in [0.29, 0.717) is 17.0 Å². The molecule has 6 nitrogen and oxygen atoms in total. The van der Waals surface area contributed by atoms with Gasteiger partial charge in [-0.3, -0.25) is 9.48 Å². The van der Waals surface area contributed by atoms with E-state index in [-0.39, 0.29) is 11.8 Å². The van der Waals surface area contributed by atoms with Gasteiger partial charge in [0.1, 0.15) is 6.33 Å². The molecule has 0 bridgehead atoms. The minimum Gasteiger partial charge on any atom is -0.493 e. The SMILES string of the molecule is COc1cnn(C(C)C)c1C(=O)c1cncnc1. The third kappa shape index (κ3) is 2.09. The predicted octanol–water partition coefficient (Wildman–Crippen LogP) is 1.49. The minimum atomic E-state index is -0.196. The zero-order chi connectivity index (χ0) is 13.1. The van der Waals surface area contributed by atoms with Crippen LogP contribution in [0.5, 0.6) is 5.75 Å². The van der Waals surface area contributed by atoms with Crippen LogP contribution in [-0.2, 0) is 0 Å². The predicted molar refractivity (Wildman–Crippen MR) is 64.6 cm³/mol. The Hall–Kier alpha value is -2.24. The molecule has 6 heteroatoms. The van der Waals surface area contributed by atoms with Gasteiger partial charge in [-0.1, -0.05) is 0 Å². The maximum atomic E-state index is 12.4. The molecule has 2 aromatic heterocycles. The Balaban J connectivity index is 2.50. The van der Waals surface area contributed by atoms with Crippen molar-refractivity contribution in [2.45, 2.75) is 19.9 Å². The van der Waals surface area contributed by atoms with E-state index in [1.807, 2.05) is 13.8 Å². The lowest BCUT2D eigenvalue weighted by molar-refractivity contribution is 0.102. The van der Waals surface area contributed by atoms with Crippen LogP contribution in [0.3, 0.4) is 0 Å². The number of carbonyl (C=O) groups excluding carboxylic acids is 1. The first-order valence-electron chi connectivity index (χ1n) is 5.56. The highest BCUT2D eigenvalue weighted by atomic mass is 16.5. The van der Waals surface area contributed by atoms with Crippen molar-refractivity contribution in [2.24, 2.45) is 0 Å². The molecule has 2 rings (SSSR count). The van der Waals surface area contributed by atoms with E-state index in [1.54, 1.807) is 4.68 Å². The summed E-state index contributed by atoms with van der Waals surface area (Å²) < 4.78 is 6.81. The molecule has 0 fully saturated rings. The zero-order valence-electron chi connectivity index (χ0n) is 10.5. The quantitative estimate of drug-likeness (QED) is 0.764. The van der Waals surface area contributed by atoms with Crippen molar-refractivity contribution in [2.75, 3.05) is 7.11 Å². The Morgan fingerprint density at radius 2 is 1.94 bits per heavy atom. The van der Waals surface area contributed by atoms with Crippen LogP contribution in [-0.4, -0.2) is 32.6 Å². The zero-order valence-corrected chi connectivity index (χ0v) is 10.5. The third-order valence-electron chi connectivity index (χ3n) is 2.51. The standard InChI is InChI=1S/C12H14N4O2/c1-8(2)16-11(10(18-3)6-15-16)12(17)9-4-13-7-14-5-9/h4-8H,1-3H3. The van der Waals surface area contributed by atoms with Gasteiger partial charge in [0, 0.05) is 18.4 Å². The van der Waals surface area contributed by atoms with Gasteiger partial charge in [-0.2, -0.15) is 5.10 Å². The largest absolute Gasteiger partial charge is 0.493 e. The number of nitrogens with zero attached hydrogens (tertiary/aromatic N) is 4. The average molecular weight is 246 g/mol. The fourth-order valence-corrected chi connectivity index (χ4v) is 1.66. The van der Waals surface area contributed by atoms with E-state index < -0.39 is 0 Å². The maximum Gasteiger partial charge on any atom is 0.217 e. The summed E-state index contributed by atoms with van der Waals surface area (Å²) in [6.45, 7) is 3.90. The molecule has 2 heterocycles. The lowest BCUT2D eigenvalue weighted by atomic mass is 10.1. The van der Waals surface area contributed by atoms with Crippen molar-refractivity contribution >= 4 is 5.78 Å². The number of aromatic nitrogens is 4. The van der Waals surface area contributed by atoms with Gasteiger partial charge in [0.25, 0.3) is 0 Å². The Bertz CT molecular complexity index is 548. The molecule has 18 heavy (non-hydrogen) atoms. The molecule has 94 valence electrons. The minimum absolute atomic E-state index is 0.0671. The van der Waals surface area contributed by atoms with Gasteiger partial charge < -0.3 is 4.74 Å². The summed E-state index contributed by atoms with van der Waals surface area (Å²) in [6, 6.07) is 0.0671. The van der Waals surface area contributed by atoms with Gasteiger partial charge >= 0.3 is 0 Å². The molecule has 0 amide bonds. The second kappa shape index (κ2) is 4.95. The molecule has 0 saturated heterocycles. The van der Waals surface area contributed by atoms with E-state index in [0.717, 1.165) is 0 Å². The van der Waals surface area contributed by atoms with Gasteiger partial charge in [-0.25, -0.2) is 9.97 Å². The molecular weight excluding hydrogens is 232 g/mol. The topological polar surface area (TPSA) is 69.9 Å². The van der Waals surface area contributed by atoms with E-state index in [9.17, 15) is 4.79 Å². The van der Waals surface area contributed by atoms with Crippen LogP contribution in [0.15, 0.2) is 24.9 Å². The van der Waals surface area contributed by atoms with Gasteiger partial charge in [0.2, 0.25) is 5.78 Å². The highest BCUT2D eigenvalue weighted by Crippen LogP contribution is 2.23. The molecule has 0 aliphatic rings. The fraction of sp³-hybridized carbons (Fsp3) is 0.333. The molecule has 0 aliphatic carbocycles. The second-order valence-electron chi connectivity index (χ2n) is 4.06. The lowest BCUT2D eigenvalue weighted by Gasteiger charge is -2.10. The van der Waals surface area contributed by atoms with E-state index in [4.69, 9.17) is 4.74 Å². The first-order chi connectivity index (χ1) is 8.65. The molecular formula is C12H14N4O2. The number of hydrogen-bond donors (Lipinski definition) is 0. The number of methoxy groups -OCH3 is 1. The number of ketones is 1. The van der Waals surface area contributed by atoms with E-state index in [1.165, 1.54) is 32.0 Å². The molecule has 2 aromatic rings. The summed E-state index contributed by atoms with van der Waals surface area (Å²) in [6.07, 6.45) is 5.88. The second-order valence-corrected chi connectivity index (χ2v) is 4.06. The van der Waals surface area contributed by atoms with Crippen LogP contribution in [0.1, 0.15) is 35.9 Å². The van der Waals surface area contributed by atoms with Crippen LogP contribution in [0.2, 0.25) is 0 Å². The average Bonchev–Trinajstić information content (AvgIpc) is 2.82. The normalized spacial score (nSPS) is 10.7. The number of hydrogen-bond acceptors (Lipinski definition) is 5. The molecule has 0 spiro atoms. The van der Waals surface area contributed by atoms with Gasteiger partial charge in [-0.05, 0) is 13.8 Å². The maximum absolute atomic E-state index is 12.4. The van der Waals surface area contributed by atoms with Crippen molar-refractivity contribution in [3.63, 3.8) is 0 Å². The third-order valence-corrected chi connectivity index (χ3v) is 2.51. The molecule has 0 saturated carbocycles. The Morgan fingerprint density at radius 1 is 1.28 bits per heavy atom. The summed E-state index contributed by atoms with van der Waals surface area (Å²) in [5.41, 5.74) is 0.834. The lowest BCUT2D eigenvalue weighted by Crippen LogP contribution is -2.14. The Kier molecular flexibility index (Phi) is 3.36. The molecule has 0 aromatic carbocycles. The van der Waals surface area contributed by atoms with E-state index in [2.05, 4.69) is 15.1 Å². The van der Waals surface area contributed by atoms with Crippen molar-refractivity contribution in [1.29, 1.82) is 0 Å². The summed E-state index contributed by atoms with van der Waals surface area (Å²) in [4.78, 5) is 20.1. The monoisotopic (exact) mass is 246 g/mol. The Labute approximate surface area is 105 Å². The van der Waals surface area contributed by atoms with Crippen molar-refractivity contribution in [3.05, 3.63) is 36.2 Å². The molecule has 0 radical (unpaired) electrons. The summed E-state index contributed by atoms with van der Waals surface area (Å²) in [5, 5.41) is 4.16. The summed E-state index contributed by atoms with van der Waals surface area (Å²) >= 11 is 0.